The van der Waals surface area contributed by atoms with Crippen LogP contribution in [0.5, 0.6) is 0 Å². The third-order valence-corrected chi connectivity index (χ3v) is 19.0. The molecule has 20 nitrogen and oxygen atoms in total. The summed E-state index contributed by atoms with van der Waals surface area (Å²) in [6.07, 6.45) is 6.31. The summed E-state index contributed by atoms with van der Waals surface area (Å²) in [7, 11) is -29.2. The van der Waals surface area contributed by atoms with Crippen molar-refractivity contribution in [1.29, 1.82) is 0 Å². The maximum absolute atomic E-state index is 12.6. The predicted octanol–water partition coefficient (Wildman–Crippen LogP) is 5.65. The van der Waals surface area contributed by atoms with E-state index in [-0.39, 0.29) is 77.0 Å². The molecule has 28 heteroatoms. The molecule has 4 aromatic rings. The van der Waals surface area contributed by atoms with E-state index in [1.807, 2.05) is 0 Å². The first-order chi connectivity index (χ1) is 30.8. The molecule has 3 atom stereocenters. The maximum atomic E-state index is 12.6. The van der Waals surface area contributed by atoms with Crippen molar-refractivity contribution in [1.82, 2.24) is 0 Å². The second kappa shape index (κ2) is 19.2. The number of allylic oxidation sites excluding steroid dienone is 5. The number of hydrogen-bond acceptors (Lipinski definition) is 14. The number of anilines is 2. The number of hydrogen-bond donors (Lipinski definition) is 6. The van der Waals surface area contributed by atoms with Gasteiger partial charge < -0.3 is 9.80 Å². The molecule has 0 spiro atoms. The summed E-state index contributed by atoms with van der Waals surface area (Å²) in [5, 5.41) is -2.62. The fourth-order valence-electron chi connectivity index (χ4n) is 9.00. The van der Waals surface area contributed by atoms with Crippen LogP contribution < -0.4 is 9.80 Å². The Bertz CT molecular complexity index is 3600. The van der Waals surface area contributed by atoms with Crippen molar-refractivity contribution >= 4 is 139 Å². The molecule has 4 aromatic carbocycles. The van der Waals surface area contributed by atoms with Crippen molar-refractivity contribution in [3.8, 4) is 0 Å². The Morgan fingerprint density at radius 3 is 1.49 bits per heavy atom. The van der Waals surface area contributed by atoms with Gasteiger partial charge in [-0.15, -0.1) is 0 Å². The van der Waals surface area contributed by atoms with Gasteiger partial charge in [0.25, 0.3) is 60.7 Å². The van der Waals surface area contributed by atoms with E-state index in [9.17, 15) is 77.8 Å². The molecule has 0 saturated heterocycles. The van der Waals surface area contributed by atoms with Gasteiger partial charge in [-0.1, -0.05) is 61.8 Å². The fraction of sp³-hybridized carbons (Fsp3) is 0.366. The molecular formula is C41H48BrN2NaO18S6. The zero-order chi connectivity index (χ0) is 51.3. The number of benzene rings is 4. The van der Waals surface area contributed by atoms with E-state index in [1.54, 1.807) is 61.8 Å². The van der Waals surface area contributed by atoms with Crippen LogP contribution in [0.3, 0.4) is 0 Å². The normalized spacial score (nSPS) is 19.3. The second-order valence-electron chi connectivity index (χ2n) is 17.7. The number of halogens is 1. The molecule has 0 amide bonds. The predicted molar refractivity (Wildman–Crippen MR) is 264 cm³/mol. The van der Waals surface area contributed by atoms with Crippen LogP contribution in [0.1, 0.15) is 65.5 Å². The Hall–Kier alpha value is -2.84. The van der Waals surface area contributed by atoms with Crippen LogP contribution in [0.2, 0.25) is 0 Å². The summed E-state index contributed by atoms with van der Waals surface area (Å²) in [6, 6.07) is 8.28. The molecule has 69 heavy (non-hydrogen) atoms. The first-order valence-electron chi connectivity index (χ1n) is 20.1. The SMILES string of the molecule is CC(CCN1/C(=C/C=C(Br)/C=C/C2N(CCC(C)S(=O)(=O)O)c3ccc4c(S(=O)(=O)O)cc(S(=O)(=O)O)cc4c3C2(C)C)C(C)(C)c2c1ccc1c(S(=O)(=O)O)cc(S(=O)(=O)O)cc21)S(=O)(=O)O.[NaH]. The van der Waals surface area contributed by atoms with Gasteiger partial charge >= 0.3 is 29.6 Å². The molecule has 0 saturated carbocycles. The zero-order valence-electron chi connectivity index (χ0n) is 36.8. The van der Waals surface area contributed by atoms with E-state index in [1.165, 1.54) is 38.1 Å². The van der Waals surface area contributed by atoms with E-state index in [4.69, 9.17) is 0 Å². The molecule has 374 valence electrons. The van der Waals surface area contributed by atoms with Crippen LogP contribution in [0.15, 0.2) is 103 Å². The van der Waals surface area contributed by atoms with Gasteiger partial charge in [0.05, 0.1) is 26.3 Å². The van der Waals surface area contributed by atoms with Gasteiger partial charge in [-0.2, -0.15) is 50.5 Å². The summed E-state index contributed by atoms with van der Waals surface area (Å²) in [5.41, 5.74) is -0.351. The van der Waals surface area contributed by atoms with Gasteiger partial charge in [0, 0.05) is 56.2 Å². The number of nitrogens with zero attached hydrogens (tertiary/aromatic N) is 2. The number of fused-ring (bicyclic) bond motifs is 6. The minimum absolute atomic E-state index is 0. The molecule has 0 radical (unpaired) electrons. The van der Waals surface area contributed by atoms with Gasteiger partial charge in [0.1, 0.15) is 9.79 Å². The van der Waals surface area contributed by atoms with Crippen LogP contribution in [-0.2, 0) is 71.5 Å². The van der Waals surface area contributed by atoms with Crippen molar-refractivity contribution in [3.63, 3.8) is 0 Å². The van der Waals surface area contributed by atoms with Crippen molar-refractivity contribution in [2.75, 3.05) is 22.9 Å². The average molecular weight is 1150 g/mol. The van der Waals surface area contributed by atoms with Crippen LogP contribution in [0, 0.1) is 0 Å². The van der Waals surface area contributed by atoms with Gasteiger partial charge in [-0.25, -0.2) is 0 Å². The summed E-state index contributed by atoms with van der Waals surface area (Å²) in [5.74, 6) is 0. The fourth-order valence-corrected chi connectivity index (χ4v) is 12.8. The summed E-state index contributed by atoms with van der Waals surface area (Å²) in [6.45, 7) is 9.41. The quantitative estimate of drug-likeness (QED) is 0.0476. The van der Waals surface area contributed by atoms with Gasteiger partial charge in [-0.05, 0) is 103 Å². The van der Waals surface area contributed by atoms with E-state index in [0.717, 1.165) is 12.1 Å². The first kappa shape index (κ1) is 57.1. The van der Waals surface area contributed by atoms with Crippen LogP contribution in [0.25, 0.3) is 21.5 Å². The first-order valence-corrected chi connectivity index (χ1v) is 29.7. The number of rotatable bonds is 15. The van der Waals surface area contributed by atoms with Crippen LogP contribution >= 0.6 is 15.9 Å². The molecule has 0 fully saturated rings. The third-order valence-electron chi connectivity index (χ3n) is 12.5. The van der Waals surface area contributed by atoms with Crippen molar-refractivity contribution < 1.29 is 77.8 Å². The molecule has 0 aromatic heterocycles. The van der Waals surface area contributed by atoms with Crippen LogP contribution in [0.4, 0.5) is 11.4 Å². The van der Waals surface area contributed by atoms with E-state index in [2.05, 4.69) is 15.9 Å². The van der Waals surface area contributed by atoms with Crippen molar-refractivity contribution in [3.05, 3.63) is 94.1 Å². The third kappa shape index (κ3) is 11.4. The monoisotopic (exact) mass is 1150 g/mol. The Morgan fingerprint density at radius 1 is 0.623 bits per heavy atom. The Labute approximate surface area is 431 Å². The van der Waals surface area contributed by atoms with Crippen molar-refractivity contribution in [2.45, 2.75) is 101 Å². The Morgan fingerprint density at radius 2 is 1.06 bits per heavy atom. The molecule has 6 N–H and O–H groups in total. The standard InChI is InChI=1S/C41H47BrN2O18S6.Na.H/c1-23(63(45,46)47)15-17-43-32-11-9-28-30(19-26(65(51,52)53)21-34(28)67(57,58)59)38(32)40(3,4)36(43)13-7-25(42)8-14-37-41(5,6)39-31-20-27(66(54,55)56)22-35(68(60,61)62)29(31)10-12-33(39)44(37)18-16-24(2)64(48,49)50;;/h7-14,19-24,36H,15-18H2,1-6H3,(H,45,46,47)(H,48,49,50)(H,51,52,53)(H,54,55,56)(H,57,58,59)(H,60,61,62);;/b13-7+,25-8-,37-14+;;. The summed E-state index contributed by atoms with van der Waals surface area (Å²) in [4.78, 5) is 0.196. The molecular weight excluding hydrogens is 1100 g/mol. The summed E-state index contributed by atoms with van der Waals surface area (Å²) >= 11 is 3.55. The molecule has 2 aliphatic rings. The average Bonchev–Trinajstić information content (AvgIpc) is 3.54. The Balaban J connectivity index is 0.00000888. The second-order valence-corrected chi connectivity index (χ2v) is 27.9. The topological polar surface area (TPSA) is 333 Å². The van der Waals surface area contributed by atoms with Crippen molar-refractivity contribution in [2.24, 2.45) is 0 Å². The molecule has 0 bridgehead atoms. The zero-order valence-corrected chi connectivity index (χ0v) is 43.3. The Kier molecular flexibility index (Phi) is 15.9. The molecule has 2 aliphatic heterocycles. The van der Waals surface area contributed by atoms with Gasteiger partial charge in [-0.3, -0.25) is 27.3 Å². The van der Waals surface area contributed by atoms with Crippen LogP contribution in [-0.4, -0.2) is 137 Å². The summed E-state index contributed by atoms with van der Waals surface area (Å²) < 4.78 is 209. The van der Waals surface area contributed by atoms with E-state index in [0.29, 0.717) is 44.8 Å². The minimum atomic E-state index is -5.07. The molecule has 3 unspecified atom stereocenters. The van der Waals surface area contributed by atoms with E-state index < -0.39 is 108 Å². The molecule has 6 rings (SSSR count). The molecule has 2 heterocycles. The molecule has 0 aliphatic carbocycles. The van der Waals surface area contributed by atoms with Gasteiger partial charge in [0.15, 0.2) is 0 Å². The van der Waals surface area contributed by atoms with E-state index >= 15 is 0 Å². The van der Waals surface area contributed by atoms with Gasteiger partial charge in [0.2, 0.25) is 0 Å².